The van der Waals surface area contributed by atoms with Gasteiger partial charge < -0.3 is 14.8 Å². The highest BCUT2D eigenvalue weighted by Crippen LogP contribution is 2.44. The molecule has 1 saturated heterocycles. The number of ether oxygens (including phenoxy) is 1. The van der Waals surface area contributed by atoms with Crippen LogP contribution >= 0.6 is 12.0 Å². The van der Waals surface area contributed by atoms with Crippen LogP contribution in [0.15, 0.2) is 23.1 Å². The molecule has 12 heteroatoms. The van der Waals surface area contributed by atoms with Gasteiger partial charge in [-0.15, -0.1) is 5.06 Å². The number of rotatable bonds is 16. The molecule has 11 nitrogen and oxygen atoms in total. The van der Waals surface area contributed by atoms with Gasteiger partial charge in [-0.2, -0.15) is 8.91 Å². The lowest BCUT2D eigenvalue weighted by Gasteiger charge is -2.22. The third kappa shape index (κ3) is 7.87. The zero-order chi connectivity index (χ0) is 28.4. The van der Waals surface area contributed by atoms with Gasteiger partial charge in [0.15, 0.2) is 5.71 Å². The molecule has 39 heavy (non-hydrogen) atoms. The maximum Gasteiger partial charge on any atom is 0.333 e. The van der Waals surface area contributed by atoms with E-state index in [-0.39, 0.29) is 30.6 Å². The molecule has 0 bridgehead atoms. The van der Waals surface area contributed by atoms with E-state index in [2.05, 4.69) is 27.8 Å². The number of nitrogens with zero attached hydrogens (tertiary/aromatic N) is 2. The molecule has 2 heterocycles. The molecule has 0 aliphatic carbocycles. The molecule has 1 atom stereocenters. The largest absolute Gasteiger partial charge is 0.691 e. The van der Waals surface area contributed by atoms with E-state index in [1.54, 1.807) is 0 Å². The van der Waals surface area contributed by atoms with E-state index in [9.17, 15) is 24.4 Å². The minimum atomic E-state index is -0.582. The van der Waals surface area contributed by atoms with Crippen LogP contribution in [0.1, 0.15) is 90.0 Å². The molecule has 0 radical (unpaired) electrons. The Morgan fingerprint density at radius 3 is 2.36 bits per heavy atom. The molecule has 0 N–H and O–H groups in total. The van der Waals surface area contributed by atoms with E-state index >= 15 is 0 Å². The van der Waals surface area contributed by atoms with E-state index < -0.39 is 17.8 Å². The molecule has 2 aliphatic rings. The van der Waals surface area contributed by atoms with Gasteiger partial charge in [0.25, 0.3) is 11.8 Å². The van der Waals surface area contributed by atoms with Crippen LogP contribution in [0.2, 0.25) is 0 Å². The fourth-order valence-electron chi connectivity index (χ4n) is 5.12. The summed E-state index contributed by atoms with van der Waals surface area (Å²) in [7, 11) is 1.40. The number of benzene rings is 1. The van der Waals surface area contributed by atoms with Crippen molar-refractivity contribution in [3.63, 3.8) is 0 Å². The molecule has 1 aromatic carbocycles. The van der Waals surface area contributed by atoms with E-state index in [4.69, 9.17) is 9.57 Å². The normalized spacial score (nSPS) is 18.6. The number of hydroxylamine groups is 2. The highest BCUT2D eigenvalue weighted by Gasteiger charge is 2.46. The number of imide groups is 1. The summed E-state index contributed by atoms with van der Waals surface area (Å²) in [6, 6.07) is 5.91. The van der Waals surface area contributed by atoms with Gasteiger partial charge >= 0.3 is 11.9 Å². The third-order valence-electron chi connectivity index (χ3n) is 7.46. The quantitative estimate of drug-likeness (QED) is 0.0558. The minimum Gasteiger partial charge on any atom is -0.691 e. The van der Waals surface area contributed by atoms with E-state index in [1.165, 1.54) is 12.8 Å². The standard InChI is InChI=1S/C27H36N2O9S/c1-19-27(2,16-8-4-6-10-25(32)35-3)21-18-20(39-38-37-34)12-13-22(21)28(19)17-9-5-7-11-26(33)36-29-23(30)14-15-24(29)31/h12-13,18H,4-11,14-17H2,1-3H3. The number of fused-ring (bicyclic) bond motifs is 1. The van der Waals surface area contributed by atoms with Crippen LogP contribution in [0.4, 0.5) is 5.69 Å². The summed E-state index contributed by atoms with van der Waals surface area (Å²) in [5.41, 5.74) is 3.19. The van der Waals surface area contributed by atoms with Crippen molar-refractivity contribution in [1.29, 1.82) is 0 Å². The van der Waals surface area contributed by atoms with Crippen molar-refractivity contribution in [3.8, 4) is 0 Å². The molecule has 0 aromatic heterocycles. The average Bonchev–Trinajstić information content (AvgIpc) is 3.34. The third-order valence-corrected chi connectivity index (χ3v) is 8.03. The van der Waals surface area contributed by atoms with Crippen LogP contribution in [0.25, 0.3) is 0 Å². The first kappa shape index (κ1) is 30.7. The van der Waals surface area contributed by atoms with Gasteiger partial charge in [0.05, 0.1) is 24.6 Å². The lowest BCUT2D eigenvalue weighted by atomic mass is 9.76. The molecule has 1 aromatic rings. The van der Waals surface area contributed by atoms with Crippen molar-refractivity contribution in [2.24, 2.45) is 0 Å². The molecule has 1 fully saturated rings. The molecular weight excluding hydrogens is 528 g/mol. The number of unbranched alkanes of at least 4 members (excludes halogenated alkanes) is 4. The smallest absolute Gasteiger partial charge is 0.333 e. The molecule has 1 unspecified atom stereocenters. The van der Waals surface area contributed by atoms with Gasteiger partial charge in [-0.05, 0) is 44.7 Å². The molecular formula is C27H36N2O9S. The summed E-state index contributed by atoms with van der Waals surface area (Å²) in [6.45, 7) is 5.08. The number of amides is 2. The number of methoxy groups -OCH3 is 1. The number of hydrogen-bond acceptors (Lipinski definition) is 10. The Balaban J connectivity index is 1.59. The first-order valence-electron chi connectivity index (χ1n) is 13.2. The van der Waals surface area contributed by atoms with Crippen molar-refractivity contribution >= 4 is 47.2 Å². The zero-order valence-electron chi connectivity index (χ0n) is 22.7. The number of hydrogen-bond donors (Lipinski definition) is 0. The Bertz CT molecular complexity index is 1090. The lowest BCUT2D eigenvalue weighted by molar-refractivity contribution is -0.777. The first-order valence-corrected chi connectivity index (χ1v) is 14.0. The van der Waals surface area contributed by atoms with Crippen LogP contribution in [-0.2, 0) is 43.5 Å². The number of carbonyl (C=O) groups excluding carboxylic acids is 4. The summed E-state index contributed by atoms with van der Waals surface area (Å²) in [5.74, 6) is -1.74. The van der Waals surface area contributed by atoms with Crippen LogP contribution < -0.4 is 5.26 Å². The second-order valence-corrected chi connectivity index (χ2v) is 10.7. The summed E-state index contributed by atoms with van der Waals surface area (Å²) in [6.07, 6.45) is 6.34. The van der Waals surface area contributed by atoms with Crippen LogP contribution in [0, 0.1) is 0 Å². The van der Waals surface area contributed by atoms with E-state index in [1.807, 2.05) is 18.2 Å². The summed E-state index contributed by atoms with van der Waals surface area (Å²) >= 11 is 0.863. The Hall–Kier alpha value is -2.80. The predicted molar refractivity (Wildman–Crippen MR) is 138 cm³/mol. The van der Waals surface area contributed by atoms with E-state index in [0.29, 0.717) is 17.9 Å². The predicted octanol–water partition coefficient (Wildman–Crippen LogP) is 3.58. The Labute approximate surface area is 232 Å². The molecule has 0 spiro atoms. The molecule has 0 saturated carbocycles. The highest BCUT2D eigenvalue weighted by molar-refractivity contribution is 7.94. The van der Waals surface area contributed by atoms with Gasteiger partial charge in [0.2, 0.25) is 5.69 Å². The second-order valence-electron chi connectivity index (χ2n) is 9.96. The monoisotopic (exact) mass is 564 g/mol. The van der Waals surface area contributed by atoms with Gasteiger partial charge in [-0.1, -0.05) is 12.8 Å². The average molecular weight is 565 g/mol. The fraction of sp³-hybridized carbons (Fsp3) is 0.593. The number of esters is 1. The summed E-state index contributed by atoms with van der Waals surface area (Å²) in [5, 5.41) is 14.4. The Morgan fingerprint density at radius 1 is 1.03 bits per heavy atom. The maximum absolute atomic E-state index is 12.1. The molecule has 214 valence electrons. The van der Waals surface area contributed by atoms with Crippen LogP contribution in [0.5, 0.6) is 0 Å². The Kier molecular flexibility index (Phi) is 11.5. The molecule has 2 amide bonds. The topological polar surface area (TPSA) is 135 Å². The van der Waals surface area contributed by atoms with Crippen LogP contribution in [-0.4, -0.2) is 52.8 Å². The highest BCUT2D eigenvalue weighted by atomic mass is 32.2. The summed E-state index contributed by atoms with van der Waals surface area (Å²) < 4.78 is 11.6. The Morgan fingerprint density at radius 2 is 1.69 bits per heavy atom. The molecule has 2 aliphatic heterocycles. The number of carbonyl (C=O) groups is 4. The van der Waals surface area contributed by atoms with Crippen molar-refractivity contribution < 1.29 is 48.0 Å². The van der Waals surface area contributed by atoms with Crippen LogP contribution in [0.3, 0.4) is 0 Å². The van der Waals surface area contributed by atoms with Crippen molar-refractivity contribution in [2.75, 3.05) is 13.7 Å². The zero-order valence-corrected chi connectivity index (χ0v) is 23.5. The maximum atomic E-state index is 12.1. The first-order chi connectivity index (χ1) is 18.7. The molecule has 3 rings (SSSR count). The van der Waals surface area contributed by atoms with Gasteiger partial charge in [-0.25, -0.2) is 4.79 Å². The van der Waals surface area contributed by atoms with Gasteiger partial charge in [0, 0.05) is 55.6 Å². The SMILES string of the molecule is COC(=O)CCCCCC1(C)C(C)=[N+](CCCCCC(=O)ON2C(=O)CCC2=O)c2ccc(SOO[O-])cc21. The second kappa shape index (κ2) is 14.5. The van der Waals surface area contributed by atoms with Crippen molar-refractivity contribution in [1.82, 2.24) is 5.06 Å². The fourth-order valence-corrected chi connectivity index (χ4v) is 5.52. The van der Waals surface area contributed by atoms with Gasteiger partial charge in [-0.3, -0.25) is 19.4 Å². The van der Waals surface area contributed by atoms with Gasteiger partial charge in [0.1, 0.15) is 6.54 Å². The van der Waals surface area contributed by atoms with Crippen molar-refractivity contribution in [3.05, 3.63) is 23.8 Å². The minimum absolute atomic E-state index is 0.0747. The lowest BCUT2D eigenvalue weighted by Crippen LogP contribution is -2.32. The van der Waals surface area contributed by atoms with Crippen molar-refractivity contribution in [2.45, 2.75) is 94.8 Å². The summed E-state index contributed by atoms with van der Waals surface area (Å²) in [4.78, 5) is 52.4. The van der Waals surface area contributed by atoms with E-state index in [0.717, 1.165) is 73.3 Å².